The minimum atomic E-state index is -4.03. The molecule has 2 saturated heterocycles. The van der Waals surface area contributed by atoms with Gasteiger partial charge < -0.3 is 28.6 Å². The highest BCUT2D eigenvalue weighted by molar-refractivity contribution is 7.97. The molecule has 1 saturated carbocycles. The van der Waals surface area contributed by atoms with Crippen LogP contribution in [-0.4, -0.2) is 84.0 Å². The Morgan fingerprint density at radius 3 is 2.54 bits per heavy atom. The normalized spacial score (nSPS) is 29.3. The number of nitrogens with zero attached hydrogens (tertiary/aromatic N) is 4. The third kappa shape index (κ3) is 6.12. The molecule has 0 bridgehead atoms. The predicted octanol–water partition coefficient (Wildman–Crippen LogP) is 3.92. The Morgan fingerprint density at radius 2 is 1.93 bits per heavy atom. The fourth-order valence-corrected chi connectivity index (χ4v) is 10.2. The van der Waals surface area contributed by atoms with Gasteiger partial charge in [0, 0.05) is 6.04 Å². The Balaban J connectivity index is 1.47. The Labute approximate surface area is 242 Å². The number of fused-ring (bicyclic) bond motifs is 2. The van der Waals surface area contributed by atoms with E-state index in [9.17, 15) is 22.6 Å². The summed E-state index contributed by atoms with van der Waals surface area (Å²) >= 11 is 6.39. The van der Waals surface area contributed by atoms with Crippen molar-refractivity contribution in [1.29, 1.82) is 5.26 Å². The lowest BCUT2D eigenvalue weighted by Gasteiger charge is -2.31. The number of aromatic nitrogens is 3. The molecule has 17 heteroatoms. The second-order valence-electron chi connectivity index (χ2n) is 10.6. The summed E-state index contributed by atoms with van der Waals surface area (Å²) < 4.78 is 83.0. The molecule has 4 heterocycles. The van der Waals surface area contributed by atoms with Crippen LogP contribution in [-0.2, 0) is 37.7 Å². The van der Waals surface area contributed by atoms with E-state index in [0.717, 1.165) is 0 Å². The van der Waals surface area contributed by atoms with E-state index >= 15 is 0 Å². The number of nitriles is 1. The summed E-state index contributed by atoms with van der Waals surface area (Å²) in [5.41, 5.74) is -0.0798. The lowest BCUT2D eigenvalue weighted by atomic mass is 9.90. The Bertz CT molecular complexity index is 1500. The third-order valence-corrected chi connectivity index (χ3v) is 12.3. The summed E-state index contributed by atoms with van der Waals surface area (Å²) in [5, 5.41) is 17.7. The van der Waals surface area contributed by atoms with Gasteiger partial charge in [0.2, 0.25) is 0 Å². The van der Waals surface area contributed by atoms with Gasteiger partial charge in [0.25, 0.3) is 0 Å². The van der Waals surface area contributed by atoms with Gasteiger partial charge in [0.15, 0.2) is 38.1 Å². The molecule has 2 aromatic rings. The zero-order chi connectivity index (χ0) is 29.7. The molecule has 3 fully saturated rings. The quantitative estimate of drug-likeness (QED) is 0.280. The van der Waals surface area contributed by atoms with Crippen LogP contribution in [0.3, 0.4) is 0 Å². The van der Waals surface area contributed by atoms with Gasteiger partial charge in [0.05, 0.1) is 36.2 Å². The molecule has 0 amide bonds. The molecule has 4 atom stereocenters. The van der Waals surface area contributed by atoms with Crippen molar-refractivity contribution in [1.82, 2.24) is 14.8 Å². The van der Waals surface area contributed by atoms with Crippen LogP contribution in [0.4, 0.5) is 10.1 Å². The van der Waals surface area contributed by atoms with Crippen LogP contribution in [0.25, 0.3) is 11.0 Å². The molecule has 5 rings (SSSR count). The molecule has 0 radical (unpaired) electrons. The SMILES string of the molecule is CCOP(=O)(CS(=O)(=O)C[C@H]1O[C@@H](n2ncc3c(NC4CC(F)C4)c(C#N)c(Cl)nc32)[C@@H]2OC(C)(C)O[C@@H]21)OCC. The van der Waals surface area contributed by atoms with Crippen LogP contribution < -0.4 is 5.32 Å². The van der Waals surface area contributed by atoms with Crippen molar-refractivity contribution in [3.8, 4) is 6.07 Å². The number of halogens is 2. The van der Waals surface area contributed by atoms with Crippen molar-refractivity contribution in [3.05, 3.63) is 16.9 Å². The van der Waals surface area contributed by atoms with E-state index in [1.165, 1.54) is 10.9 Å². The average Bonchev–Trinajstić information content (AvgIpc) is 3.48. The Morgan fingerprint density at radius 1 is 1.27 bits per heavy atom. The smallest absolute Gasteiger partial charge is 0.345 e. The zero-order valence-electron chi connectivity index (χ0n) is 23.0. The minimum Gasteiger partial charge on any atom is -0.380 e. The molecule has 226 valence electrons. The van der Waals surface area contributed by atoms with E-state index in [4.69, 9.17) is 34.9 Å². The number of rotatable bonds is 11. The highest BCUT2D eigenvalue weighted by atomic mass is 35.5. The maximum Gasteiger partial charge on any atom is 0.345 e. The molecule has 0 aromatic carbocycles. The van der Waals surface area contributed by atoms with Gasteiger partial charge in [-0.05, 0) is 40.5 Å². The lowest BCUT2D eigenvalue weighted by molar-refractivity contribution is -0.195. The molecule has 0 unspecified atom stereocenters. The summed E-state index contributed by atoms with van der Waals surface area (Å²) in [7, 11) is -7.93. The van der Waals surface area contributed by atoms with Crippen molar-refractivity contribution >= 4 is 45.8 Å². The monoisotopic (exact) mass is 635 g/mol. The molecule has 13 nitrogen and oxygen atoms in total. The first-order valence-electron chi connectivity index (χ1n) is 13.3. The van der Waals surface area contributed by atoms with E-state index in [0.29, 0.717) is 23.9 Å². The van der Waals surface area contributed by atoms with Crippen LogP contribution in [0.1, 0.15) is 52.3 Å². The number of alkyl halides is 1. The highest BCUT2D eigenvalue weighted by Gasteiger charge is 2.57. The van der Waals surface area contributed by atoms with Crippen molar-refractivity contribution in [3.63, 3.8) is 0 Å². The molecule has 0 spiro atoms. The number of pyridine rings is 1. The fourth-order valence-electron chi connectivity index (χ4n) is 5.38. The van der Waals surface area contributed by atoms with E-state index in [1.807, 2.05) is 6.07 Å². The standard InChI is InChI=1S/C24H32ClFN5O8PS/c1-5-35-40(32,36-6-2)12-41(33,34)11-17-19-20(39-24(3,4)38-19)23(37-17)31-22-16(10-28-31)18(15(9-27)21(25)30-22)29-14-7-13(26)8-14/h10,13-14,17,19-20,23H,5-8,11-12H2,1-4H3,(H,29,30)/t13?,14?,17-,19-,20-,23-/m1/s1. The van der Waals surface area contributed by atoms with Gasteiger partial charge in [-0.1, -0.05) is 11.6 Å². The lowest BCUT2D eigenvalue weighted by Crippen LogP contribution is -2.36. The summed E-state index contributed by atoms with van der Waals surface area (Å²) in [4.78, 5) is 4.38. The van der Waals surface area contributed by atoms with Crippen molar-refractivity contribution in [2.24, 2.45) is 0 Å². The molecular formula is C24H32ClFN5O8PS. The summed E-state index contributed by atoms with van der Waals surface area (Å²) in [6.45, 7) is 6.62. The molecule has 41 heavy (non-hydrogen) atoms. The second-order valence-corrected chi connectivity index (χ2v) is 15.6. The van der Waals surface area contributed by atoms with Gasteiger partial charge in [-0.25, -0.2) is 22.5 Å². The minimum absolute atomic E-state index is 0.0199. The van der Waals surface area contributed by atoms with Gasteiger partial charge in [-0.2, -0.15) is 10.4 Å². The first-order chi connectivity index (χ1) is 19.3. The van der Waals surface area contributed by atoms with Crippen LogP contribution >= 0.6 is 19.2 Å². The zero-order valence-corrected chi connectivity index (χ0v) is 25.4. The van der Waals surface area contributed by atoms with Crippen LogP contribution in [0.5, 0.6) is 0 Å². The first kappa shape index (κ1) is 30.6. The maximum absolute atomic E-state index is 13.5. The van der Waals surface area contributed by atoms with Crippen molar-refractivity contribution in [2.45, 2.75) is 83.1 Å². The van der Waals surface area contributed by atoms with E-state index in [2.05, 4.69) is 15.4 Å². The van der Waals surface area contributed by atoms with Gasteiger partial charge >= 0.3 is 7.60 Å². The summed E-state index contributed by atoms with van der Waals surface area (Å²) in [6, 6.07) is 1.86. The van der Waals surface area contributed by atoms with E-state index in [-0.39, 0.29) is 35.6 Å². The number of sulfone groups is 1. The first-order valence-corrected chi connectivity index (χ1v) is 17.2. The number of hydrogen-bond donors (Lipinski definition) is 1. The van der Waals surface area contributed by atoms with Crippen LogP contribution in [0, 0.1) is 11.3 Å². The largest absolute Gasteiger partial charge is 0.380 e. The molecule has 2 aliphatic heterocycles. The molecule has 1 N–H and O–H groups in total. The van der Waals surface area contributed by atoms with Gasteiger partial charge in [0.1, 0.15) is 36.1 Å². The number of nitrogens with one attached hydrogen (secondary N) is 1. The third-order valence-electron chi connectivity index (χ3n) is 7.03. The molecule has 2 aromatic heterocycles. The average molecular weight is 636 g/mol. The number of anilines is 1. The molecule has 1 aliphatic carbocycles. The Kier molecular flexibility index (Phi) is 8.43. The maximum atomic E-state index is 13.5. The topological polar surface area (TPSA) is 164 Å². The van der Waals surface area contributed by atoms with Crippen LogP contribution in [0.15, 0.2) is 6.20 Å². The Hall–Kier alpha value is -1.89. The second kappa shape index (κ2) is 11.3. The van der Waals surface area contributed by atoms with Crippen molar-refractivity contribution in [2.75, 3.05) is 29.8 Å². The van der Waals surface area contributed by atoms with Gasteiger partial charge in [-0.3, -0.25) is 4.57 Å². The highest BCUT2D eigenvalue weighted by Crippen LogP contribution is 2.50. The van der Waals surface area contributed by atoms with Crippen LogP contribution in [0.2, 0.25) is 5.15 Å². The number of ether oxygens (including phenoxy) is 3. The van der Waals surface area contributed by atoms with E-state index in [1.54, 1.807) is 27.7 Å². The van der Waals surface area contributed by atoms with Gasteiger partial charge in [-0.15, -0.1) is 0 Å². The number of hydrogen-bond acceptors (Lipinski definition) is 12. The molecular weight excluding hydrogens is 604 g/mol. The van der Waals surface area contributed by atoms with Crippen molar-refractivity contribution < 1.29 is 40.6 Å². The molecule has 3 aliphatic rings. The fraction of sp³-hybridized carbons (Fsp3) is 0.708. The van der Waals surface area contributed by atoms with E-state index < -0.39 is 65.2 Å². The summed E-state index contributed by atoms with van der Waals surface area (Å²) in [6.07, 6.45) is -2.43. The predicted molar refractivity (Wildman–Crippen MR) is 146 cm³/mol. The summed E-state index contributed by atoms with van der Waals surface area (Å²) in [5.74, 6) is -1.60.